The fourth-order valence-electron chi connectivity index (χ4n) is 1.51. The first-order valence-electron chi connectivity index (χ1n) is 5.72. The van der Waals surface area contributed by atoms with E-state index in [-0.39, 0.29) is 11.7 Å². The van der Waals surface area contributed by atoms with Gasteiger partial charge in [-0.05, 0) is 29.8 Å². The third-order valence-electron chi connectivity index (χ3n) is 2.57. The fourth-order valence-corrected chi connectivity index (χ4v) is 1.51. The Labute approximate surface area is 110 Å². The molecule has 0 aliphatic heterocycles. The topological polar surface area (TPSA) is 51.2 Å². The number of ether oxygens (including phenoxy) is 1. The van der Waals surface area contributed by atoms with Crippen LogP contribution in [0.1, 0.15) is 16.1 Å². The van der Waals surface area contributed by atoms with Gasteiger partial charge in [0.05, 0.1) is 13.3 Å². The van der Waals surface area contributed by atoms with E-state index < -0.39 is 0 Å². The highest BCUT2D eigenvalue weighted by Gasteiger charge is 2.06. The number of aromatic nitrogens is 1. The fraction of sp³-hybridized carbons (Fsp3) is 0.143. The Bertz CT molecular complexity index is 553. The summed E-state index contributed by atoms with van der Waals surface area (Å²) >= 11 is 0. The average Bonchev–Trinajstić information content (AvgIpc) is 2.46. The maximum absolute atomic E-state index is 12.7. The van der Waals surface area contributed by atoms with Crippen molar-refractivity contribution in [1.29, 1.82) is 0 Å². The van der Waals surface area contributed by atoms with Crippen LogP contribution >= 0.6 is 0 Å². The van der Waals surface area contributed by atoms with Gasteiger partial charge in [0.25, 0.3) is 5.91 Å². The predicted octanol–water partition coefficient (Wildman–Crippen LogP) is 2.16. The van der Waals surface area contributed by atoms with Crippen LogP contribution in [0.25, 0.3) is 0 Å². The quantitative estimate of drug-likeness (QED) is 0.916. The van der Waals surface area contributed by atoms with E-state index in [1.165, 1.54) is 25.4 Å². The van der Waals surface area contributed by atoms with Gasteiger partial charge in [-0.25, -0.2) is 9.37 Å². The molecular formula is C14H13FN2O2. The van der Waals surface area contributed by atoms with Gasteiger partial charge in [0.15, 0.2) is 0 Å². The summed E-state index contributed by atoms with van der Waals surface area (Å²) in [4.78, 5) is 15.8. The molecule has 0 saturated carbocycles. The van der Waals surface area contributed by atoms with Gasteiger partial charge in [0, 0.05) is 6.54 Å². The first-order valence-corrected chi connectivity index (χ1v) is 5.72. The summed E-state index contributed by atoms with van der Waals surface area (Å²) in [5.74, 6) is 0.00830. The van der Waals surface area contributed by atoms with Crippen molar-refractivity contribution in [3.8, 4) is 5.75 Å². The zero-order valence-corrected chi connectivity index (χ0v) is 10.4. The Morgan fingerprint density at radius 1 is 1.26 bits per heavy atom. The highest BCUT2D eigenvalue weighted by Crippen LogP contribution is 2.08. The average molecular weight is 260 g/mol. The van der Waals surface area contributed by atoms with Crippen LogP contribution in [0.15, 0.2) is 42.6 Å². The van der Waals surface area contributed by atoms with E-state index in [0.717, 1.165) is 5.56 Å². The van der Waals surface area contributed by atoms with Crippen LogP contribution in [-0.4, -0.2) is 18.0 Å². The second-order valence-corrected chi connectivity index (χ2v) is 3.89. The van der Waals surface area contributed by atoms with Crippen LogP contribution < -0.4 is 10.1 Å². The van der Waals surface area contributed by atoms with Crippen molar-refractivity contribution in [2.24, 2.45) is 0 Å². The van der Waals surface area contributed by atoms with Gasteiger partial charge in [0.1, 0.15) is 17.3 Å². The van der Waals surface area contributed by atoms with E-state index in [9.17, 15) is 9.18 Å². The summed E-state index contributed by atoms with van der Waals surface area (Å²) in [5.41, 5.74) is 1.13. The standard InChI is InChI=1S/C14H13FN2O2/c1-19-12-6-7-13(16-9-12)14(18)17-8-10-2-4-11(15)5-3-10/h2-7,9H,8H2,1H3,(H,17,18). The summed E-state index contributed by atoms with van der Waals surface area (Å²) in [6.07, 6.45) is 1.48. The minimum absolute atomic E-state index is 0.285. The molecule has 1 N–H and O–H groups in total. The Kier molecular flexibility index (Phi) is 4.07. The summed E-state index contributed by atoms with van der Waals surface area (Å²) in [6, 6.07) is 9.20. The number of hydrogen-bond donors (Lipinski definition) is 1. The largest absolute Gasteiger partial charge is 0.495 e. The van der Waals surface area contributed by atoms with E-state index in [0.29, 0.717) is 18.0 Å². The second-order valence-electron chi connectivity index (χ2n) is 3.89. The molecule has 0 spiro atoms. The first-order chi connectivity index (χ1) is 9.19. The van der Waals surface area contributed by atoms with Crippen LogP contribution in [0.4, 0.5) is 4.39 Å². The molecule has 0 aliphatic carbocycles. The molecule has 1 aromatic heterocycles. The number of carbonyl (C=O) groups excluding carboxylic acids is 1. The number of hydrogen-bond acceptors (Lipinski definition) is 3. The number of methoxy groups -OCH3 is 1. The summed E-state index contributed by atoms with van der Waals surface area (Å²) in [6.45, 7) is 0.326. The van der Waals surface area contributed by atoms with E-state index >= 15 is 0 Å². The van der Waals surface area contributed by atoms with Crippen LogP contribution in [0.3, 0.4) is 0 Å². The molecule has 5 heteroatoms. The lowest BCUT2D eigenvalue weighted by atomic mass is 10.2. The monoisotopic (exact) mass is 260 g/mol. The second kappa shape index (κ2) is 5.95. The molecule has 1 amide bonds. The summed E-state index contributed by atoms with van der Waals surface area (Å²) in [5, 5.41) is 2.71. The Balaban J connectivity index is 1.95. The Morgan fingerprint density at radius 3 is 2.58 bits per heavy atom. The molecule has 0 aliphatic rings. The van der Waals surface area contributed by atoms with Crippen molar-refractivity contribution < 1.29 is 13.9 Å². The lowest BCUT2D eigenvalue weighted by Gasteiger charge is -2.05. The van der Waals surface area contributed by atoms with Crippen LogP contribution in [0.2, 0.25) is 0 Å². The van der Waals surface area contributed by atoms with Gasteiger partial charge >= 0.3 is 0 Å². The molecule has 0 fully saturated rings. The van der Waals surface area contributed by atoms with Crippen molar-refractivity contribution in [3.05, 3.63) is 59.7 Å². The number of rotatable bonds is 4. The molecule has 1 heterocycles. The summed E-state index contributed by atoms with van der Waals surface area (Å²) in [7, 11) is 1.53. The molecule has 0 radical (unpaired) electrons. The predicted molar refractivity (Wildman–Crippen MR) is 68.4 cm³/mol. The molecule has 0 unspecified atom stereocenters. The van der Waals surface area contributed by atoms with Crippen molar-refractivity contribution in [2.75, 3.05) is 7.11 Å². The van der Waals surface area contributed by atoms with Crippen LogP contribution in [0.5, 0.6) is 5.75 Å². The number of pyridine rings is 1. The van der Waals surface area contributed by atoms with Gasteiger partial charge in [-0.3, -0.25) is 4.79 Å². The van der Waals surface area contributed by atoms with E-state index in [1.807, 2.05) is 0 Å². The van der Waals surface area contributed by atoms with Crippen LogP contribution in [0, 0.1) is 5.82 Å². The molecule has 1 aromatic carbocycles. The lowest BCUT2D eigenvalue weighted by molar-refractivity contribution is 0.0946. The zero-order valence-electron chi connectivity index (χ0n) is 10.4. The number of nitrogens with zero attached hydrogens (tertiary/aromatic N) is 1. The van der Waals surface area contributed by atoms with Crippen molar-refractivity contribution in [2.45, 2.75) is 6.54 Å². The lowest BCUT2D eigenvalue weighted by Crippen LogP contribution is -2.23. The normalized spacial score (nSPS) is 10.0. The van der Waals surface area contributed by atoms with Crippen molar-refractivity contribution in [1.82, 2.24) is 10.3 Å². The SMILES string of the molecule is COc1ccc(C(=O)NCc2ccc(F)cc2)nc1. The number of nitrogens with one attached hydrogen (secondary N) is 1. The molecule has 2 rings (SSSR count). The van der Waals surface area contributed by atoms with Crippen LogP contribution in [-0.2, 0) is 6.54 Å². The maximum atomic E-state index is 12.7. The third kappa shape index (κ3) is 3.51. The Hall–Kier alpha value is -2.43. The van der Waals surface area contributed by atoms with Gasteiger partial charge < -0.3 is 10.1 Å². The number of benzene rings is 1. The van der Waals surface area contributed by atoms with Gasteiger partial charge in [-0.15, -0.1) is 0 Å². The molecule has 19 heavy (non-hydrogen) atoms. The summed E-state index contributed by atoms with van der Waals surface area (Å²) < 4.78 is 17.7. The molecular weight excluding hydrogens is 247 g/mol. The van der Waals surface area contributed by atoms with Gasteiger partial charge in [-0.1, -0.05) is 12.1 Å². The van der Waals surface area contributed by atoms with E-state index in [2.05, 4.69) is 10.3 Å². The van der Waals surface area contributed by atoms with Crippen molar-refractivity contribution >= 4 is 5.91 Å². The minimum atomic E-state index is -0.299. The number of halogens is 1. The molecule has 0 bridgehead atoms. The molecule has 2 aromatic rings. The number of carbonyl (C=O) groups is 1. The van der Waals surface area contributed by atoms with E-state index in [1.54, 1.807) is 24.3 Å². The smallest absolute Gasteiger partial charge is 0.270 e. The van der Waals surface area contributed by atoms with E-state index in [4.69, 9.17) is 4.74 Å². The highest BCUT2D eigenvalue weighted by molar-refractivity contribution is 5.92. The Morgan fingerprint density at radius 2 is 2.00 bits per heavy atom. The maximum Gasteiger partial charge on any atom is 0.270 e. The van der Waals surface area contributed by atoms with Gasteiger partial charge in [0.2, 0.25) is 0 Å². The molecule has 4 nitrogen and oxygen atoms in total. The zero-order chi connectivity index (χ0) is 13.7. The minimum Gasteiger partial charge on any atom is -0.495 e. The molecule has 0 atom stereocenters. The highest BCUT2D eigenvalue weighted by atomic mass is 19.1. The molecule has 0 saturated heterocycles. The van der Waals surface area contributed by atoms with Gasteiger partial charge in [-0.2, -0.15) is 0 Å². The van der Waals surface area contributed by atoms with Crippen molar-refractivity contribution in [3.63, 3.8) is 0 Å². The third-order valence-corrected chi connectivity index (χ3v) is 2.57. The number of amides is 1. The first kappa shape index (κ1) is 13.0. The molecule has 98 valence electrons.